The lowest BCUT2D eigenvalue weighted by Crippen LogP contribution is -2.52. The minimum absolute atomic E-state index is 0.111. The van der Waals surface area contributed by atoms with Crippen LogP contribution in [0.15, 0.2) is 24.3 Å². The Morgan fingerprint density at radius 2 is 1.95 bits per heavy atom. The van der Waals surface area contributed by atoms with Gasteiger partial charge in [0, 0.05) is 18.5 Å². The van der Waals surface area contributed by atoms with Crippen LogP contribution in [0, 0.1) is 11.8 Å². The molecule has 1 aromatic carbocycles. The van der Waals surface area contributed by atoms with Crippen LogP contribution in [0.2, 0.25) is 0 Å². The van der Waals surface area contributed by atoms with Gasteiger partial charge >= 0.3 is 0 Å². The molecule has 2 unspecified atom stereocenters. The van der Waals surface area contributed by atoms with Crippen molar-refractivity contribution >= 4 is 5.91 Å². The molecule has 0 saturated carbocycles. The number of carbonyl (C=O) groups is 1. The van der Waals surface area contributed by atoms with Gasteiger partial charge in [-0.15, -0.1) is 0 Å². The molecule has 1 N–H and O–H groups in total. The Bertz CT molecular complexity index is 482. The maximum Gasteiger partial charge on any atom is 0.226 e. The molecule has 1 aromatic rings. The van der Waals surface area contributed by atoms with Crippen molar-refractivity contribution in [3.63, 3.8) is 0 Å². The third-order valence-electron chi connectivity index (χ3n) is 4.76. The van der Waals surface area contributed by atoms with Gasteiger partial charge in [0.25, 0.3) is 0 Å². The van der Waals surface area contributed by atoms with Crippen molar-refractivity contribution in [1.82, 2.24) is 10.2 Å². The number of ether oxygens (including phenoxy) is 1. The zero-order valence-corrected chi connectivity index (χ0v) is 14.1. The van der Waals surface area contributed by atoms with Gasteiger partial charge in [-0.25, -0.2) is 0 Å². The van der Waals surface area contributed by atoms with E-state index in [4.69, 9.17) is 4.74 Å². The summed E-state index contributed by atoms with van der Waals surface area (Å²) in [6, 6.07) is 8.31. The van der Waals surface area contributed by atoms with E-state index in [0.717, 1.165) is 31.8 Å². The van der Waals surface area contributed by atoms with Crippen molar-refractivity contribution < 1.29 is 9.53 Å². The SMILES string of the molecule is CCN(C(=O)C(C)C1CNC1)C(C)Cc1ccc(OC)cc1. The van der Waals surface area contributed by atoms with E-state index in [1.165, 1.54) is 5.56 Å². The van der Waals surface area contributed by atoms with Crippen molar-refractivity contribution in [2.75, 3.05) is 26.7 Å². The molecule has 1 aliphatic heterocycles. The summed E-state index contributed by atoms with van der Waals surface area (Å²) in [6.07, 6.45) is 0.874. The number of rotatable bonds is 7. The lowest BCUT2D eigenvalue weighted by atomic mass is 9.87. The van der Waals surface area contributed by atoms with Crippen molar-refractivity contribution in [1.29, 1.82) is 0 Å². The lowest BCUT2D eigenvalue weighted by Gasteiger charge is -2.37. The van der Waals surface area contributed by atoms with E-state index in [9.17, 15) is 4.79 Å². The first-order valence-electron chi connectivity index (χ1n) is 8.21. The normalized spacial score (nSPS) is 17.5. The molecular formula is C18H28N2O2. The lowest BCUT2D eigenvalue weighted by molar-refractivity contribution is -0.139. The van der Waals surface area contributed by atoms with Crippen LogP contribution in [0.5, 0.6) is 5.75 Å². The monoisotopic (exact) mass is 304 g/mol. The fourth-order valence-corrected chi connectivity index (χ4v) is 3.03. The Morgan fingerprint density at radius 3 is 2.41 bits per heavy atom. The Kier molecular flexibility index (Phi) is 5.83. The number of carbonyl (C=O) groups excluding carboxylic acids is 1. The van der Waals surface area contributed by atoms with Crippen LogP contribution in [-0.4, -0.2) is 43.6 Å². The summed E-state index contributed by atoms with van der Waals surface area (Å²) in [4.78, 5) is 14.7. The quantitative estimate of drug-likeness (QED) is 0.840. The second-order valence-corrected chi connectivity index (χ2v) is 6.23. The van der Waals surface area contributed by atoms with E-state index in [1.54, 1.807) is 7.11 Å². The van der Waals surface area contributed by atoms with Crippen LogP contribution in [0.25, 0.3) is 0 Å². The van der Waals surface area contributed by atoms with E-state index in [1.807, 2.05) is 17.0 Å². The number of nitrogens with one attached hydrogen (secondary N) is 1. The van der Waals surface area contributed by atoms with Crippen molar-refractivity contribution in [3.8, 4) is 5.75 Å². The van der Waals surface area contributed by atoms with Crippen molar-refractivity contribution in [2.24, 2.45) is 11.8 Å². The number of benzene rings is 1. The average Bonchev–Trinajstić information content (AvgIpc) is 2.46. The predicted molar refractivity (Wildman–Crippen MR) is 89.1 cm³/mol. The van der Waals surface area contributed by atoms with Crippen LogP contribution < -0.4 is 10.1 Å². The first kappa shape index (κ1) is 16.8. The maximum absolute atomic E-state index is 12.7. The van der Waals surface area contributed by atoms with E-state index in [0.29, 0.717) is 5.92 Å². The molecule has 1 aliphatic rings. The van der Waals surface area contributed by atoms with Gasteiger partial charge < -0.3 is 15.0 Å². The second kappa shape index (κ2) is 7.63. The minimum atomic E-state index is 0.111. The molecule has 1 heterocycles. The molecule has 2 rings (SSSR count). The van der Waals surface area contributed by atoms with Crippen LogP contribution in [-0.2, 0) is 11.2 Å². The molecule has 4 heteroatoms. The van der Waals surface area contributed by atoms with Crippen LogP contribution >= 0.6 is 0 Å². The Labute approximate surface area is 133 Å². The molecule has 4 nitrogen and oxygen atoms in total. The van der Waals surface area contributed by atoms with Crippen LogP contribution in [0.4, 0.5) is 0 Å². The number of nitrogens with zero attached hydrogens (tertiary/aromatic N) is 1. The molecular weight excluding hydrogens is 276 g/mol. The average molecular weight is 304 g/mol. The molecule has 0 spiro atoms. The largest absolute Gasteiger partial charge is 0.497 e. The topological polar surface area (TPSA) is 41.6 Å². The van der Waals surface area contributed by atoms with Gasteiger partial charge in [0.2, 0.25) is 5.91 Å². The van der Waals surface area contributed by atoms with E-state index >= 15 is 0 Å². The van der Waals surface area contributed by atoms with Gasteiger partial charge in [0.1, 0.15) is 5.75 Å². The summed E-state index contributed by atoms with van der Waals surface area (Å²) in [5.41, 5.74) is 1.23. The molecule has 1 amide bonds. The van der Waals surface area contributed by atoms with Crippen molar-refractivity contribution in [2.45, 2.75) is 33.2 Å². The maximum atomic E-state index is 12.7. The second-order valence-electron chi connectivity index (χ2n) is 6.23. The predicted octanol–water partition coefficient (Wildman–Crippen LogP) is 2.33. The number of amides is 1. The molecule has 122 valence electrons. The number of hydrogen-bond acceptors (Lipinski definition) is 3. The summed E-state index contributed by atoms with van der Waals surface area (Å²) in [6.45, 7) is 8.97. The summed E-state index contributed by atoms with van der Waals surface area (Å²) in [5.74, 6) is 1.76. The number of likely N-dealkylation sites (N-methyl/N-ethyl adjacent to an activating group) is 1. The Morgan fingerprint density at radius 1 is 1.32 bits per heavy atom. The standard InChI is InChI=1S/C18H28N2O2/c1-5-20(18(21)14(3)16-11-19-12-16)13(2)10-15-6-8-17(22-4)9-7-15/h6-9,13-14,16,19H,5,10-12H2,1-4H3. The van der Waals surface area contributed by atoms with Gasteiger partial charge in [-0.2, -0.15) is 0 Å². The highest BCUT2D eigenvalue weighted by atomic mass is 16.5. The summed E-state index contributed by atoms with van der Waals surface area (Å²) >= 11 is 0. The fourth-order valence-electron chi connectivity index (χ4n) is 3.03. The molecule has 1 saturated heterocycles. The van der Waals surface area contributed by atoms with Crippen LogP contribution in [0.1, 0.15) is 26.3 Å². The van der Waals surface area contributed by atoms with Gasteiger partial charge in [-0.1, -0.05) is 19.1 Å². The van der Waals surface area contributed by atoms with E-state index < -0.39 is 0 Å². The molecule has 2 atom stereocenters. The summed E-state index contributed by atoms with van der Waals surface area (Å²) < 4.78 is 5.19. The summed E-state index contributed by atoms with van der Waals surface area (Å²) in [7, 11) is 1.67. The van der Waals surface area contributed by atoms with Crippen LogP contribution in [0.3, 0.4) is 0 Å². The zero-order valence-electron chi connectivity index (χ0n) is 14.1. The number of hydrogen-bond donors (Lipinski definition) is 1. The minimum Gasteiger partial charge on any atom is -0.497 e. The third-order valence-corrected chi connectivity index (χ3v) is 4.76. The first-order chi connectivity index (χ1) is 10.6. The van der Waals surface area contributed by atoms with Gasteiger partial charge in [0.15, 0.2) is 0 Å². The zero-order chi connectivity index (χ0) is 16.1. The smallest absolute Gasteiger partial charge is 0.226 e. The molecule has 0 aliphatic carbocycles. The Hall–Kier alpha value is -1.55. The molecule has 0 aromatic heterocycles. The molecule has 22 heavy (non-hydrogen) atoms. The highest BCUT2D eigenvalue weighted by molar-refractivity contribution is 5.79. The van der Waals surface area contributed by atoms with Gasteiger partial charge in [-0.05, 0) is 57.0 Å². The first-order valence-corrected chi connectivity index (χ1v) is 8.21. The fraction of sp³-hybridized carbons (Fsp3) is 0.611. The Balaban J connectivity index is 1.97. The van der Waals surface area contributed by atoms with Gasteiger partial charge in [0.05, 0.1) is 7.11 Å². The number of methoxy groups -OCH3 is 1. The molecule has 1 fully saturated rings. The molecule has 0 radical (unpaired) electrons. The van der Waals surface area contributed by atoms with Crippen molar-refractivity contribution in [3.05, 3.63) is 29.8 Å². The molecule has 0 bridgehead atoms. The van der Waals surface area contributed by atoms with Gasteiger partial charge in [-0.3, -0.25) is 4.79 Å². The highest BCUT2D eigenvalue weighted by Gasteiger charge is 2.32. The highest BCUT2D eigenvalue weighted by Crippen LogP contribution is 2.21. The van der Waals surface area contributed by atoms with E-state index in [-0.39, 0.29) is 17.9 Å². The van der Waals surface area contributed by atoms with E-state index in [2.05, 4.69) is 38.2 Å². The summed E-state index contributed by atoms with van der Waals surface area (Å²) in [5, 5.41) is 3.25. The third kappa shape index (κ3) is 3.80.